The first-order valence-electron chi connectivity index (χ1n) is 6.34. The van der Waals surface area contributed by atoms with Gasteiger partial charge in [0.1, 0.15) is 0 Å². The highest BCUT2D eigenvalue weighted by Gasteiger charge is 2.25. The summed E-state index contributed by atoms with van der Waals surface area (Å²) >= 11 is 0. The van der Waals surface area contributed by atoms with Gasteiger partial charge in [-0.1, -0.05) is 19.0 Å². The number of amides is 2. The summed E-state index contributed by atoms with van der Waals surface area (Å²) in [7, 11) is 0. The van der Waals surface area contributed by atoms with Gasteiger partial charge >= 0.3 is 6.03 Å². The molecule has 0 radical (unpaired) electrons. The lowest BCUT2D eigenvalue weighted by Crippen LogP contribution is -2.47. The topological polar surface area (TPSA) is 100 Å². The molecule has 108 valence electrons. The van der Waals surface area contributed by atoms with Crippen LogP contribution in [-0.2, 0) is 6.42 Å². The summed E-state index contributed by atoms with van der Waals surface area (Å²) in [5, 5.41) is 18.9. The van der Waals surface area contributed by atoms with Gasteiger partial charge in [0.2, 0.25) is 5.89 Å². The van der Waals surface area contributed by atoms with Crippen molar-refractivity contribution >= 4 is 6.03 Å². The Labute approximate surface area is 112 Å². The van der Waals surface area contributed by atoms with E-state index in [1.165, 1.54) is 0 Å². The van der Waals surface area contributed by atoms with Crippen LogP contribution in [0.1, 0.15) is 32.5 Å². The number of aromatic nitrogens is 2. The fraction of sp³-hybridized carbons (Fsp3) is 0.750. The van der Waals surface area contributed by atoms with Gasteiger partial charge in [-0.3, -0.25) is 0 Å². The molecule has 0 aromatic carbocycles. The van der Waals surface area contributed by atoms with Gasteiger partial charge in [0, 0.05) is 19.5 Å². The smallest absolute Gasteiger partial charge is 0.314 e. The number of aliphatic hydroxyl groups is 1. The Hall–Kier alpha value is -1.63. The van der Waals surface area contributed by atoms with E-state index in [2.05, 4.69) is 20.8 Å². The van der Waals surface area contributed by atoms with Crippen molar-refractivity contribution in [2.45, 2.75) is 39.7 Å². The van der Waals surface area contributed by atoms with Crippen molar-refractivity contribution in [2.75, 3.05) is 13.1 Å². The summed E-state index contributed by atoms with van der Waals surface area (Å²) in [4.78, 5) is 15.5. The molecule has 3 N–H and O–H groups in total. The lowest BCUT2D eigenvalue weighted by atomic mass is 9.93. The Morgan fingerprint density at radius 1 is 1.47 bits per heavy atom. The van der Waals surface area contributed by atoms with Gasteiger partial charge in [-0.25, -0.2) is 4.79 Å². The molecule has 2 amide bonds. The van der Waals surface area contributed by atoms with Crippen LogP contribution in [0.5, 0.6) is 0 Å². The number of hydrogen-bond acceptors (Lipinski definition) is 5. The van der Waals surface area contributed by atoms with Crippen LogP contribution in [-0.4, -0.2) is 40.0 Å². The minimum atomic E-state index is -0.916. The molecule has 0 saturated heterocycles. The third kappa shape index (κ3) is 5.25. The molecule has 1 aromatic rings. The number of urea groups is 1. The van der Waals surface area contributed by atoms with E-state index in [0.717, 1.165) is 0 Å². The number of aryl methyl sites for hydroxylation is 1. The first-order valence-corrected chi connectivity index (χ1v) is 6.34. The summed E-state index contributed by atoms with van der Waals surface area (Å²) < 4.78 is 4.92. The minimum Gasteiger partial charge on any atom is -0.388 e. The van der Waals surface area contributed by atoms with E-state index in [9.17, 15) is 9.90 Å². The van der Waals surface area contributed by atoms with Crippen molar-refractivity contribution < 1.29 is 14.4 Å². The van der Waals surface area contributed by atoms with Gasteiger partial charge < -0.3 is 20.3 Å². The second-order valence-corrected chi connectivity index (χ2v) is 5.11. The lowest BCUT2D eigenvalue weighted by molar-refractivity contribution is 0.0166. The van der Waals surface area contributed by atoms with Gasteiger partial charge in [-0.2, -0.15) is 4.98 Å². The maximum absolute atomic E-state index is 11.5. The number of rotatable bonds is 6. The van der Waals surface area contributed by atoms with Gasteiger partial charge in [-0.05, 0) is 19.8 Å². The molecule has 7 nitrogen and oxygen atoms in total. The zero-order chi connectivity index (χ0) is 14.5. The Kier molecular flexibility index (Phi) is 5.29. The van der Waals surface area contributed by atoms with E-state index in [1.54, 1.807) is 13.8 Å². The molecule has 0 aliphatic rings. The van der Waals surface area contributed by atoms with Crippen LogP contribution in [0.15, 0.2) is 4.52 Å². The molecular weight excluding hydrogens is 248 g/mol. The predicted octanol–water partition coefficient (Wildman–Crippen LogP) is 0.627. The highest BCUT2D eigenvalue weighted by atomic mass is 16.5. The van der Waals surface area contributed by atoms with E-state index in [0.29, 0.717) is 24.7 Å². The number of carbonyl (C=O) groups excluding carboxylic acids is 1. The molecule has 0 aliphatic heterocycles. The van der Waals surface area contributed by atoms with Crippen LogP contribution in [0.4, 0.5) is 4.79 Å². The summed E-state index contributed by atoms with van der Waals surface area (Å²) in [5.41, 5.74) is -0.916. The van der Waals surface area contributed by atoms with Crippen molar-refractivity contribution in [3.05, 3.63) is 11.7 Å². The van der Waals surface area contributed by atoms with Crippen molar-refractivity contribution in [1.29, 1.82) is 0 Å². The Morgan fingerprint density at radius 2 is 2.16 bits per heavy atom. The molecule has 1 unspecified atom stereocenters. The highest BCUT2D eigenvalue weighted by Crippen LogP contribution is 2.14. The molecule has 0 saturated carbocycles. The molecule has 7 heteroatoms. The minimum absolute atomic E-state index is 0.0640. The lowest BCUT2D eigenvalue weighted by Gasteiger charge is -2.27. The second kappa shape index (κ2) is 6.51. The Balaban J connectivity index is 2.21. The molecule has 1 aromatic heterocycles. The third-order valence-electron chi connectivity index (χ3n) is 3.04. The molecule has 1 rings (SSSR count). The fourth-order valence-corrected chi connectivity index (χ4v) is 1.25. The van der Waals surface area contributed by atoms with Crippen LogP contribution in [0.2, 0.25) is 0 Å². The normalized spacial score (nSPS) is 14.2. The van der Waals surface area contributed by atoms with Crippen molar-refractivity contribution in [3.8, 4) is 0 Å². The summed E-state index contributed by atoms with van der Waals surface area (Å²) in [6.07, 6.45) is 0.481. The predicted molar refractivity (Wildman–Crippen MR) is 69.6 cm³/mol. The summed E-state index contributed by atoms with van der Waals surface area (Å²) in [6.45, 7) is 7.84. The van der Waals surface area contributed by atoms with Crippen molar-refractivity contribution in [2.24, 2.45) is 5.92 Å². The van der Waals surface area contributed by atoms with Crippen LogP contribution in [0.3, 0.4) is 0 Å². The first kappa shape index (κ1) is 15.4. The maximum atomic E-state index is 11.5. The number of nitrogens with one attached hydrogen (secondary N) is 2. The highest BCUT2D eigenvalue weighted by molar-refractivity contribution is 5.73. The monoisotopic (exact) mass is 270 g/mol. The van der Waals surface area contributed by atoms with Crippen molar-refractivity contribution in [3.63, 3.8) is 0 Å². The van der Waals surface area contributed by atoms with Gasteiger partial charge in [-0.15, -0.1) is 0 Å². The molecule has 19 heavy (non-hydrogen) atoms. The van der Waals surface area contributed by atoms with E-state index in [4.69, 9.17) is 4.52 Å². The van der Waals surface area contributed by atoms with E-state index >= 15 is 0 Å². The largest absolute Gasteiger partial charge is 0.388 e. The Bertz CT molecular complexity index is 415. The van der Waals surface area contributed by atoms with E-state index in [-0.39, 0.29) is 18.5 Å². The number of hydrogen-bond donors (Lipinski definition) is 3. The molecular formula is C12H22N4O3. The van der Waals surface area contributed by atoms with Crippen LogP contribution in [0.25, 0.3) is 0 Å². The number of carbonyl (C=O) groups is 1. The molecule has 0 aliphatic carbocycles. The molecule has 1 atom stereocenters. The molecule has 0 fully saturated rings. The van der Waals surface area contributed by atoms with Gasteiger partial charge in [0.15, 0.2) is 5.82 Å². The summed E-state index contributed by atoms with van der Waals surface area (Å²) in [6, 6.07) is -0.322. The SMILES string of the molecule is Cc1noc(CCNC(=O)NCC(C)(O)C(C)C)n1. The standard InChI is InChI=1S/C12H22N4O3/c1-8(2)12(4,18)7-14-11(17)13-6-5-10-15-9(3)16-19-10/h8,18H,5-7H2,1-4H3,(H2,13,14,17). The van der Waals surface area contributed by atoms with E-state index in [1.807, 2.05) is 13.8 Å². The van der Waals surface area contributed by atoms with E-state index < -0.39 is 5.60 Å². The molecule has 0 bridgehead atoms. The van der Waals surface area contributed by atoms with Gasteiger partial charge in [0.05, 0.1) is 5.60 Å². The van der Waals surface area contributed by atoms with Crippen LogP contribution in [0, 0.1) is 12.8 Å². The molecule has 0 spiro atoms. The van der Waals surface area contributed by atoms with Crippen LogP contribution < -0.4 is 10.6 Å². The number of nitrogens with zero attached hydrogens (tertiary/aromatic N) is 2. The zero-order valence-corrected chi connectivity index (χ0v) is 11.9. The fourth-order valence-electron chi connectivity index (χ4n) is 1.25. The molecule has 1 heterocycles. The quantitative estimate of drug-likeness (QED) is 0.704. The van der Waals surface area contributed by atoms with Crippen LogP contribution >= 0.6 is 0 Å². The summed E-state index contributed by atoms with van der Waals surface area (Å²) in [5.74, 6) is 1.13. The van der Waals surface area contributed by atoms with Crippen molar-refractivity contribution in [1.82, 2.24) is 20.8 Å². The zero-order valence-electron chi connectivity index (χ0n) is 11.9. The third-order valence-corrected chi connectivity index (χ3v) is 3.04. The maximum Gasteiger partial charge on any atom is 0.314 e. The Morgan fingerprint density at radius 3 is 2.68 bits per heavy atom. The average Bonchev–Trinajstić information content (AvgIpc) is 2.72. The average molecular weight is 270 g/mol. The van der Waals surface area contributed by atoms with Gasteiger partial charge in [0.25, 0.3) is 0 Å². The second-order valence-electron chi connectivity index (χ2n) is 5.11. The first-order chi connectivity index (χ1) is 8.81.